The van der Waals surface area contributed by atoms with Crippen molar-refractivity contribution in [2.75, 3.05) is 33.2 Å². The van der Waals surface area contributed by atoms with Crippen LogP contribution < -0.4 is 10.6 Å². The molecule has 0 spiro atoms. The van der Waals surface area contributed by atoms with Gasteiger partial charge >= 0.3 is 6.18 Å². The van der Waals surface area contributed by atoms with Crippen molar-refractivity contribution in [1.82, 2.24) is 15.5 Å². The first kappa shape index (κ1) is 20.0. The summed E-state index contributed by atoms with van der Waals surface area (Å²) in [5, 5.41) is 5.80. The van der Waals surface area contributed by atoms with Gasteiger partial charge in [-0.05, 0) is 39.4 Å². The van der Waals surface area contributed by atoms with Gasteiger partial charge in [0.25, 0.3) is 0 Å². The molecule has 21 heavy (non-hydrogen) atoms. The number of halogens is 3. The molecule has 0 saturated heterocycles. The molecule has 2 N–H and O–H groups in total. The van der Waals surface area contributed by atoms with Crippen molar-refractivity contribution in [2.45, 2.75) is 52.3 Å². The smallest absolute Gasteiger partial charge is 0.356 e. The lowest BCUT2D eigenvalue weighted by molar-refractivity contribution is -0.132. The van der Waals surface area contributed by atoms with Crippen molar-refractivity contribution in [2.24, 2.45) is 4.99 Å². The molecule has 0 radical (unpaired) electrons. The lowest BCUT2D eigenvalue weighted by Gasteiger charge is -2.21. The quantitative estimate of drug-likeness (QED) is 0.508. The summed E-state index contributed by atoms with van der Waals surface area (Å²) in [5.74, 6) is 0.426. The van der Waals surface area contributed by atoms with Gasteiger partial charge in [0.05, 0.1) is 6.42 Å². The molecule has 0 fully saturated rings. The Bertz CT molecular complexity index is 288. The molecule has 0 aliphatic carbocycles. The third-order valence-electron chi connectivity index (χ3n) is 3.31. The molecular formula is C14H29F3N4. The van der Waals surface area contributed by atoms with Crippen LogP contribution in [0.5, 0.6) is 0 Å². The first-order valence-corrected chi connectivity index (χ1v) is 7.58. The summed E-state index contributed by atoms with van der Waals surface area (Å²) < 4.78 is 36.2. The number of nitrogens with zero attached hydrogens (tertiary/aromatic N) is 2. The molecule has 0 aromatic rings. The second kappa shape index (κ2) is 10.7. The largest absolute Gasteiger partial charge is 0.390 e. The third kappa shape index (κ3) is 11.4. The van der Waals surface area contributed by atoms with E-state index >= 15 is 0 Å². The average Bonchev–Trinajstić information content (AvgIpc) is 2.41. The van der Waals surface area contributed by atoms with Crippen LogP contribution in [-0.4, -0.2) is 56.3 Å². The topological polar surface area (TPSA) is 39.7 Å². The summed E-state index contributed by atoms with van der Waals surface area (Å²) in [6.45, 7) is 9.25. The van der Waals surface area contributed by atoms with Crippen molar-refractivity contribution in [1.29, 1.82) is 0 Å². The average molecular weight is 310 g/mol. The fourth-order valence-electron chi connectivity index (χ4n) is 1.98. The highest BCUT2D eigenvalue weighted by Crippen LogP contribution is 2.18. The van der Waals surface area contributed by atoms with E-state index in [4.69, 9.17) is 0 Å². The zero-order chi connectivity index (χ0) is 16.3. The first-order chi connectivity index (χ1) is 9.82. The van der Waals surface area contributed by atoms with Crippen molar-refractivity contribution in [3.63, 3.8) is 0 Å². The van der Waals surface area contributed by atoms with Gasteiger partial charge in [0, 0.05) is 19.6 Å². The third-order valence-corrected chi connectivity index (χ3v) is 3.31. The zero-order valence-electron chi connectivity index (χ0n) is 13.6. The summed E-state index contributed by atoms with van der Waals surface area (Å²) in [4.78, 5) is 6.29. The number of alkyl halides is 3. The molecule has 0 aromatic heterocycles. The van der Waals surface area contributed by atoms with Crippen LogP contribution in [0.1, 0.15) is 40.0 Å². The minimum atomic E-state index is -4.14. The minimum Gasteiger partial charge on any atom is -0.356 e. The second-order valence-corrected chi connectivity index (χ2v) is 5.08. The van der Waals surface area contributed by atoms with E-state index in [1.807, 2.05) is 6.92 Å². The van der Waals surface area contributed by atoms with Crippen molar-refractivity contribution >= 4 is 5.96 Å². The molecule has 0 rings (SSSR count). The maximum atomic E-state index is 12.1. The Labute approximate surface area is 126 Å². The monoisotopic (exact) mass is 310 g/mol. The summed E-state index contributed by atoms with van der Waals surface area (Å²) in [7, 11) is 1.56. The molecule has 0 saturated carbocycles. The van der Waals surface area contributed by atoms with E-state index in [0.29, 0.717) is 5.96 Å². The molecule has 1 atom stereocenters. The van der Waals surface area contributed by atoms with Crippen LogP contribution in [0.25, 0.3) is 0 Å². The van der Waals surface area contributed by atoms with E-state index in [1.165, 1.54) is 0 Å². The summed E-state index contributed by atoms with van der Waals surface area (Å²) in [5.41, 5.74) is 0. The highest BCUT2D eigenvalue weighted by molar-refractivity contribution is 5.79. The standard InChI is InChI=1S/C14H29F3N4/c1-5-21(6-2)11-7-8-12(3)20-13(18-4)19-10-9-14(15,16)17/h12H,5-11H2,1-4H3,(H2,18,19,20). The van der Waals surface area contributed by atoms with Crippen molar-refractivity contribution in [3.8, 4) is 0 Å². The van der Waals surface area contributed by atoms with Crippen LogP contribution in [0.15, 0.2) is 4.99 Å². The molecule has 7 heteroatoms. The molecule has 0 heterocycles. The maximum absolute atomic E-state index is 12.1. The Morgan fingerprint density at radius 2 is 1.86 bits per heavy atom. The first-order valence-electron chi connectivity index (χ1n) is 7.58. The zero-order valence-corrected chi connectivity index (χ0v) is 13.6. The van der Waals surface area contributed by atoms with E-state index in [9.17, 15) is 13.2 Å². The summed E-state index contributed by atoms with van der Waals surface area (Å²) >= 11 is 0. The van der Waals surface area contributed by atoms with Crippen LogP contribution in [0.3, 0.4) is 0 Å². The summed E-state index contributed by atoms with van der Waals surface area (Å²) in [6.07, 6.45) is -2.99. The highest BCUT2D eigenvalue weighted by Gasteiger charge is 2.26. The molecule has 1 unspecified atom stereocenters. The molecular weight excluding hydrogens is 281 g/mol. The Balaban J connectivity index is 3.91. The van der Waals surface area contributed by atoms with Crippen LogP contribution in [0.4, 0.5) is 13.2 Å². The normalized spacial score (nSPS) is 14.4. The van der Waals surface area contributed by atoms with E-state index < -0.39 is 12.6 Å². The fourth-order valence-corrected chi connectivity index (χ4v) is 1.98. The van der Waals surface area contributed by atoms with Gasteiger partial charge < -0.3 is 15.5 Å². The lowest BCUT2D eigenvalue weighted by atomic mass is 10.2. The second-order valence-electron chi connectivity index (χ2n) is 5.08. The minimum absolute atomic E-state index is 0.157. The van der Waals surface area contributed by atoms with Gasteiger partial charge in [-0.15, -0.1) is 0 Å². The van der Waals surface area contributed by atoms with Gasteiger partial charge in [-0.1, -0.05) is 13.8 Å². The number of hydrogen-bond acceptors (Lipinski definition) is 2. The van der Waals surface area contributed by atoms with Crippen molar-refractivity contribution < 1.29 is 13.2 Å². The molecule has 0 aliphatic heterocycles. The van der Waals surface area contributed by atoms with Gasteiger partial charge in [-0.2, -0.15) is 13.2 Å². The number of hydrogen-bond donors (Lipinski definition) is 2. The predicted octanol–water partition coefficient (Wildman–Crippen LogP) is 2.61. The Morgan fingerprint density at radius 1 is 1.24 bits per heavy atom. The Morgan fingerprint density at radius 3 is 2.33 bits per heavy atom. The lowest BCUT2D eigenvalue weighted by Crippen LogP contribution is -2.43. The molecule has 126 valence electrons. The molecule has 0 amide bonds. The SMILES string of the molecule is CCN(CC)CCCC(C)NC(=NC)NCCC(F)(F)F. The van der Waals surface area contributed by atoms with E-state index in [-0.39, 0.29) is 12.6 Å². The van der Waals surface area contributed by atoms with Crippen LogP contribution in [0.2, 0.25) is 0 Å². The van der Waals surface area contributed by atoms with E-state index in [0.717, 1.165) is 32.5 Å². The predicted molar refractivity (Wildman–Crippen MR) is 81.7 cm³/mol. The van der Waals surface area contributed by atoms with Crippen LogP contribution in [-0.2, 0) is 0 Å². The van der Waals surface area contributed by atoms with Gasteiger partial charge in [-0.25, -0.2) is 0 Å². The molecule has 0 aliphatic rings. The molecule has 4 nitrogen and oxygen atoms in total. The van der Waals surface area contributed by atoms with Crippen LogP contribution in [0, 0.1) is 0 Å². The van der Waals surface area contributed by atoms with Gasteiger partial charge in [0.1, 0.15) is 0 Å². The Hall–Kier alpha value is -0.980. The fraction of sp³-hybridized carbons (Fsp3) is 0.929. The molecule has 0 aromatic carbocycles. The number of guanidine groups is 1. The van der Waals surface area contributed by atoms with Crippen LogP contribution >= 0.6 is 0 Å². The number of nitrogens with one attached hydrogen (secondary N) is 2. The highest BCUT2D eigenvalue weighted by atomic mass is 19.4. The van der Waals surface area contributed by atoms with Gasteiger partial charge in [0.15, 0.2) is 5.96 Å². The van der Waals surface area contributed by atoms with Gasteiger partial charge in [-0.3, -0.25) is 4.99 Å². The number of rotatable bonds is 9. The van der Waals surface area contributed by atoms with Crippen molar-refractivity contribution in [3.05, 3.63) is 0 Å². The maximum Gasteiger partial charge on any atom is 0.390 e. The summed E-state index contributed by atoms with van der Waals surface area (Å²) in [6, 6.07) is 0.178. The Kier molecular flexibility index (Phi) is 10.2. The van der Waals surface area contributed by atoms with E-state index in [2.05, 4.69) is 34.4 Å². The number of aliphatic imine (C=N–C) groups is 1. The van der Waals surface area contributed by atoms with Gasteiger partial charge in [0.2, 0.25) is 0 Å². The van der Waals surface area contributed by atoms with E-state index in [1.54, 1.807) is 7.05 Å². The molecule has 0 bridgehead atoms.